The smallest absolute Gasteiger partial charge is 0.296 e. The Morgan fingerprint density at radius 2 is 2.19 bits per heavy atom. The van der Waals surface area contributed by atoms with Gasteiger partial charge in [0.15, 0.2) is 15.6 Å². The second-order valence-electron chi connectivity index (χ2n) is 4.27. The predicted octanol–water partition coefficient (Wildman–Crippen LogP) is 4.48. The highest BCUT2D eigenvalue weighted by Crippen LogP contribution is 2.30. The summed E-state index contributed by atoms with van der Waals surface area (Å²) in [6.07, 6.45) is 1.67. The summed E-state index contributed by atoms with van der Waals surface area (Å²) in [4.78, 5) is 18.6. The van der Waals surface area contributed by atoms with Crippen LogP contribution in [0, 0.1) is 0 Å². The fourth-order valence-electron chi connectivity index (χ4n) is 1.91. The number of aromatic nitrogens is 1. The van der Waals surface area contributed by atoms with Crippen LogP contribution in [0.25, 0.3) is 10.2 Å². The first kappa shape index (κ1) is 14.0. The number of nitrogens with zero attached hydrogens (tertiary/aromatic N) is 2. The van der Waals surface area contributed by atoms with Gasteiger partial charge in [-0.3, -0.25) is 9.69 Å². The third-order valence-corrected chi connectivity index (χ3v) is 4.34. The van der Waals surface area contributed by atoms with Crippen LogP contribution >= 0.6 is 27.3 Å². The first-order chi connectivity index (χ1) is 10.2. The molecular formula is C15H11BrN2O2S. The average Bonchev–Trinajstić information content (AvgIpc) is 3.09. The molecule has 1 amide bonds. The van der Waals surface area contributed by atoms with Gasteiger partial charge in [-0.1, -0.05) is 29.5 Å². The number of rotatable bonds is 4. The van der Waals surface area contributed by atoms with E-state index in [1.54, 1.807) is 23.1 Å². The Morgan fingerprint density at radius 3 is 2.86 bits per heavy atom. The van der Waals surface area contributed by atoms with Gasteiger partial charge in [0.1, 0.15) is 0 Å². The third kappa shape index (κ3) is 2.77. The van der Waals surface area contributed by atoms with Gasteiger partial charge < -0.3 is 4.42 Å². The van der Waals surface area contributed by atoms with E-state index in [-0.39, 0.29) is 11.7 Å². The number of amides is 1. The Morgan fingerprint density at radius 1 is 1.38 bits per heavy atom. The molecule has 4 nitrogen and oxygen atoms in total. The van der Waals surface area contributed by atoms with E-state index in [0.717, 1.165) is 10.2 Å². The quantitative estimate of drug-likeness (QED) is 0.642. The largest absolute Gasteiger partial charge is 0.444 e. The summed E-state index contributed by atoms with van der Waals surface area (Å²) >= 11 is 4.67. The molecule has 0 aliphatic heterocycles. The fraction of sp³-hybridized carbons (Fsp3) is 0.0667. The second-order valence-corrected chi connectivity index (χ2v) is 6.06. The summed E-state index contributed by atoms with van der Waals surface area (Å²) in [7, 11) is 0. The molecule has 106 valence electrons. The monoisotopic (exact) mass is 362 g/mol. The van der Waals surface area contributed by atoms with E-state index < -0.39 is 0 Å². The number of carbonyl (C=O) groups excluding carboxylic acids is 1. The fourth-order valence-corrected chi connectivity index (χ4v) is 3.19. The van der Waals surface area contributed by atoms with Crippen LogP contribution in [-0.2, 0) is 0 Å². The van der Waals surface area contributed by atoms with Gasteiger partial charge in [-0.25, -0.2) is 4.98 Å². The maximum atomic E-state index is 12.6. The molecule has 0 radical (unpaired) electrons. The lowest BCUT2D eigenvalue weighted by atomic mass is 10.3. The van der Waals surface area contributed by atoms with Crippen LogP contribution in [-0.4, -0.2) is 17.4 Å². The molecule has 0 N–H and O–H groups in total. The summed E-state index contributed by atoms with van der Waals surface area (Å²) in [6, 6.07) is 11.1. The van der Waals surface area contributed by atoms with Crippen molar-refractivity contribution in [2.24, 2.45) is 0 Å². The normalized spacial score (nSPS) is 10.7. The van der Waals surface area contributed by atoms with Gasteiger partial charge in [-0.05, 0) is 40.2 Å². The van der Waals surface area contributed by atoms with Crippen molar-refractivity contribution in [3.05, 3.63) is 59.5 Å². The van der Waals surface area contributed by atoms with Crippen LogP contribution in [0.4, 0.5) is 5.13 Å². The van der Waals surface area contributed by atoms with Crippen molar-refractivity contribution < 1.29 is 9.21 Å². The van der Waals surface area contributed by atoms with Gasteiger partial charge in [0.2, 0.25) is 0 Å². The van der Waals surface area contributed by atoms with Crippen molar-refractivity contribution in [1.29, 1.82) is 0 Å². The molecule has 2 aromatic heterocycles. The zero-order chi connectivity index (χ0) is 14.8. The second kappa shape index (κ2) is 5.83. The SMILES string of the molecule is C=CCN(C(=O)c1ccc(Br)o1)c1nc2ccccc2s1. The Labute approximate surface area is 133 Å². The lowest BCUT2D eigenvalue weighted by Gasteiger charge is -2.16. The number of anilines is 1. The molecule has 0 aliphatic carbocycles. The van der Waals surface area contributed by atoms with Crippen molar-refractivity contribution >= 4 is 48.5 Å². The molecule has 1 aromatic carbocycles. The number of hydrogen-bond acceptors (Lipinski definition) is 4. The Hall–Kier alpha value is -1.92. The van der Waals surface area contributed by atoms with E-state index in [1.165, 1.54) is 11.3 Å². The number of furan rings is 1. The van der Waals surface area contributed by atoms with E-state index >= 15 is 0 Å². The summed E-state index contributed by atoms with van der Waals surface area (Å²) in [5.41, 5.74) is 0.875. The van der Waals surface area contributed by atoms with Crippen molar-refractivity contribution in [3.8, 4) is 0 Å². The van der Waals surface area contributed by atoms with Gasteiger partial charge >= 0.3 is 0 Å². The van der Waals surface area contributed by atoms with Crippen LogP contribution in [0.15, 0.2) is 58.1 Å². The highest BCUT2D eigenvalue weighted by molar-refractivity contribution is 9.10. The van der Waals surface area contributed by atoms with E-state index in [9.17, 15) is 4.79 Å². The number of halogens is 1. The van der Waals surface area contributed by atoms with Crippen molar-refractivity contribution in [2.45, 2.75) is 0 Å². The first-order valence-electron chi connectivity index (χ1n) is 6.22. The topological polar surface area (TPSA) is 46.3 Å². The standard InChI is InChI=1S/C15H11BrN2O2S/c1-2-9-18(14(19)11-7-8-13(16)20-11)15-17-10-5-3-4-6-12(10)21-15/h2-8H,1,9H2. The lowest BCUT2D eigenvalue weighted by Crippen LogP contribution is -2.30. The zero-order valence-corrected chi connectivity index (χ0v) is 13.4. The van der Waals surface area contributed by atoms with E-state index in [4.69, 9.17) is 4.42 Å². The molecule has 0 unspecified atom stereocenters. The van der Waals surface area contributed by atoms with E-state index in [1.807, 2.05) is 24.3 Å². The third-order valence-electron chi connectivity index (χ3n) is 2.85. The Kier molecular flexibility index (Phi) is 3.90. The number of hydrogen-bond donors (Lipinski definition) is 0. The highest BCUT2D eigenvalue weighted by atomic mass is 79.9. The molecule has 2 heterocycles. The molecular weight excluding hydrogens is 352 g/mol. The number of para-hydroxylation sites is 1. The van der Waals surface area contributed by atoms with E-state index in [2.05, 4.69) is 27.5 Å². The van der Waals surface area contributed by atoms with Crippen molar-refractivity contribution in [3.63, 3.8) is 0 Å². The minimum atomic E-state index is -0.236. The van der Waals surface area contributed by atoms with Gasteiger partial charge in [0.25, 0.3) is 5.91 Å². The summed E-state index contributed by atoms with van der Waals surface area (Å²) in [5, 5.41) is 0.633. The molecule has 0 fully saturated rings. The minimum Gasteiger partial charge on any atom is -0.444 e. The van der Waals surface area contributed by atoms with Gasteiger partial charge in [-0.15, -0.1) is 6.58 Å². The van der Waals surface area contributed by atoms with Gasteiger partial charge in [0, 0.05) is 6.54 Å². The maximum Gasteiger partial charge on any atom is 0.296 e. The van der Waals surface area contributed by atoms with Crippen molar-refractivity contribution in [2.75, 3.05) is 11.4 Å². The lowest BCUT2D eigenvalue weighted by molar-refractivity contribution is 0.0962. The average molecular weight is 363 g/mol. The molecule has 0 atom stereocenters. The molecule has 21 heavy (non-hydrogen) atoms. The Bertz CT molecular complexity index is 776. The molecule has 0 saturated heterocycles. The molecule has 0 bridgehead atoms. The Balaban J connectivity index is 2.00. The number of thiazole rings is 1. The van der Waals surface area contributed by atoms with Crippen LogP contribution in [0.3, 0.4) is 0 Å². The first-order valence-corrected chi connectivity index (χ1v) is 7.83. The minimum absolute atomic E-state index is 0.236. The summed E-state index contributed by atoms with van der Waals surface area (Å²) in [6.45, 7) is 4.08. The molecule has 3 rings (SSSR count). The molecule has 0 aliphatic rings. The van der Waals surface area contributed by atoms with Gasteiger partial charge in [-0.2, -0.15) is 0 Å². The number of benzene rings is 1. The van der Waals surface area contributed by atoms with Crippen molar-refractivity contribution in [1.82, 2.24) is 4.98 Å². The number of fused-ring (bicyclic) bond motifs is 1. The van der Waals surface area contributed by atoms with E-state index in [0.29, 0.717) is 16.3 Å². The zero-order valence-electron chi connectivity index (χ0n) is 11.0. The number of carbonyl (C=O) groups is 1. The van der Waals surface area contributed by atoms with Crippen LogP contribution in [0.1, 0.15) is 10.6 Å². The molecule has 3 aromatic rings. The van der Waals surface area contributed by atoms with Crippen LogP contribution in [0.2, 0.25) is 0 Å². The maximum absolute atomic E-state index is 12.6. The van der Waals surface area contributed by atoms with Crippen LogP contribution < -0.4 is 4.90 Å². The molecule has 0 saturated carbocycles. The van der Waals surface area contributed by atoms with Crippen LogP contribution in [0.5, 0.6) is 0 Å². The summed E-state index contributed by atoms with van der Waals surface area (Å²) < 4.78 is 6.90. The molecule has 6 heteroatoms. The summed E-state index contributed by atoms with van der Waals surface area (Å²) in [5.74, 6) is 0.0302. The van der Waals surface area contributed by atoms with Gasteiger partial charge in [0.05, 0.1) is 10.2 Å². The predicted molar refractivity (Wildman–Crippen MR) is 87.9 cm³/mol. The highest BCUT2D eigenvalue weighted by Gasteiger charge is 2.22. The molecule has 0 spiro atoms.